The fourth-order valence-electron chi connectivity index (χ4n) is 1.38. The van der Waals surface area contributed by atoms with Gasteiger partial charge < -0.3 is 4.74 Å². The lowest BCUT2D eigenvalue weighted by molar-refractivity contribution is -0.118. The molecule has 2 heteroatoms. The van der Waals surface area contributed by atoms with Crippen LogP contribution in [0.4, 0.5) is 0 Å². The Bertz CT molecular complexity index is 342. The number of para-hydroxylation sites is 1. The largest absolute Gasteiger partial charge is 0.493 e. The van der Waals surface area contributed by atoms with E-state index in [1.165, 1.54) is 0 Å². The van der Waals surface area contributed by atoms with Gasteiger partial charge in [0.1, 0.15) is 11.5 Å². The van der Waals surface area contributed by atoms with Crippen LogP contribution >= 0.6 is 0 Å². The van der Waals surface area contributed by atoms with Crippen LogP contribution in [0.25, 0.3) is 0 Å². The number of ketones is 1. The highest BCUT2D eigenvalue weighted by Gasteiger charge is 2.07. The second-order valence-electron chi connectivity index (χ2n) is 4.38. The number of rotatable bonds is 6. The summed E-state index contributed by atoms with van der Waals surface area (Å²) in [6.45, 7) is 6.80. The average Bonchev–Trinajstić information content (AvgIpc) is 2.27. The molecule has 0 amide bonds. The van der Waals surface area contributed by atoms with Crippen molar-refractivity contribution in [3.63, 3.8) is 0 Å². The van der Waals surface area contributed by atoms with E-state index in [2.05, 4.69) is 13.8 Å². The Labute approximate surface area is 97.6 Å². The number of ether oxygens (including phenoxy) is 1. The van der Waals surface area contributed by atoms with Crippen LogP contribution in [0.5, 0.6) is 5.75 Å². The molecule has 0 saturated heterocycles. The summed E-state index contributed by atoms with van der Waals surface area (Å²) >= 11 is 0. The minimum absolute atomic E-state index is 0.251. The highest BCUT2D eigenvalue weighted by molar-refractivity contribution is 5.81. The number of benzene rings is 1. The molecule has 1 aromatic carbocycles. The van der Waals surface area contributed by atoms with E-state index in [0.717, 1.165) is 11.3 Å². The molecule has 0 unspecified atom stereocenters. The Morgan fingerprint density at radius 1 is 1.31 bits per heavy atom. The van der Waals surface area contributed by atoms with Crippen LogP contribution in [0, 0.1) is 5.92 Å². The topological polar surface area (TPSA) is 26.3 Å². The first-order valence-electron chi connectivity index (χ1n) is 5.85. The van der Waals surface area contributed by atoms with Crippen LogP contribution in [-0.4, -0.2) is 12.4 Å². The maximum Gasteiger partial charge on any atom is 0.137 e. The summed E-state index contributed by atoms with van der Waals surface area (Å²) in [5.74, 6) is 1.59. The number of hydrogen-bond donors (Lipinski definition) is 0. The van der Waals surface area contributed by atoms with Crippen LogP contribution in [0.1, 0.15) is 32.8 Å². The number of carbonyl (C=O) groups is 1. The zero-order valence-electron chi connectivity index (χ0n) is 10.3. The smallest absolute Gasteiger partial charge is 0.137 e. The van der Waals surface area contributed by atoms with Gasteiger partial charge in [0.05, 0.1) is 6.61 Å². The van der Waals surface area contributed by atoms with E-state index in [4.69, 9.17) is 4.74 Å². The van der Waals surface area contributed by atoms with Crippen molar-refractivity contribution in [2.75, 3.05) is 6.61 Å². The third-order valence-corrected chi connectivity index (χ3v) is 2.33. The van der Waals surface area contributed by atoms with Crippen molar-refractivity contribution < 1.29 is 9.53 Å². The van der Waals surface area contributed by atoms with Crippen LogP contribution in [-0.2, 0) is 11.2 Å². The molecule has 16 heavy (non-hydrogen) atoms. The van der Waals surface area contributed by atoms with E-state index in [1.54, 1.807) is 0 Å². The van der Waals surface area contributed by atoms with Gasteiger partial charge in [-0.15, -0.1) is 0 Å². The number of Topliss-reactive ketones (excluding diaryl/α,β-unsaturated/α-hetero) is 1. The third kappa shape index (κ3) is 4.05. The van der Waals surface area contributed by atoms with Gasteiger partial charge >= 0.3 is 0 Å². The summed E-state index contributed by atoms with van der Waals surface area (Å²) in [7, 11) is 0. The molecule has 0 aromatic heterocycles. The maximum atomic E-state index is 11.4. The minimum atomic E-state index is 0.251. The highest BCUT2D eigenvalue weighted by atomic mass is 16.5. The summed E-state index contributed by atoms with van der Waals surface area (Å²) in [5.41, 5.74) is 0.995. The molecule has 0 atom stereocenters. The van der Waals surface area contributed by atoms with Crippen LogP contribution in [0.15, 0.2) is 24.3 Å². The minimum Gasteiger partial charge on any atom is -0.493 e. The van der Waals surface area contributed by atoms with Crippen molar-refractivity contribution in [1.29, 1.82) is 0 Å². The molecule has 88 valence electrons. The van der Waals surface area contributed by atoms with Crippen LogP contribution in [0.2, 0.25) is 0 Å². The molecule has 1 rings (SSSR count). The molecule has 0 aliphatic rings. The molecular formula is C14H20O2. The molecule has 0 fully saturated rings. The Morgan fingerprint density at radius 2 is 2.00 bits per heavy atom. The molecule has 0 aliphatic heterocycles. The van der Waals surface area contributed by atoms with Crippen molar-refractivity contribution in [2.24, 2.45) is 5.92 Å². The standard InChI is InChI=1S/C14H20O2/c1-4-13(15)9-12-7-5-6-8-14(12)16-10-11(2)3/h5-8,11H,4,9-10H2,1-3H3. The summed E-state index contributed by atoms with van der Waals surface area (Å²) in [4.78, 5) is 11.4. The second-order valence-corrected chi connectivity index (χ2v) is 4.38. The van der Waals surface area contributed by atoms with Gasteiger partial charge in [0.15, 0.2) is 0 Å². The van der Waals surface area contributed by atoms with E-state index in [9.17, 15) is 4.79 Å². The lowest BCUT2D eigenvalue weighted by Crippen LogP contribution is -2.08. The van der Waals surface area contributed by atoms with E-state index < -0.39 is 0 Å². The fraction of sp³-hybridized carbons (Fsp3) is 0.500. The zero-order valence-corrected chi connectivity index (χ0v) is 10.3. The predicted octanol–water partition coefficient (Wildman–Crippen LogP) is 3.24. The van der Waals surface area contributed by atoms with E-state index in [0.29, 0.717) is 25.4 Å². The fourth-order valence-corrected chi connectivity index (χ4v) is 1.38. The molecule has 1 aromatic rings. The lowest BCUT2D eigenvalue weighted by atomic mass is 10.1. The van der Waals surface area contributed by atoms with Crippen LogP contribution in [0.3, 0.4) is 0 Å². The Balaban J connectivity index is 2.71. The molecule has 0 radical (unpaired) electrons. The second kappa shape index (κ2) is 6.31. The summed E-state index contributed by atoms with van der Waals surface area (Å²) in [5, 5.41) is 0. The van der Waals surface area contributed by atoms with Crippen LogP contribution < -0.4 is 4.74 Å². The number of carbonyl (C=O) groups excluding carboxylic acids is 1. The Morgan fingerprint density at radius 3 is 2.62 bits per heavy atom. The number of hydrogen-bond acceptors (Lipinski definition) is 2. The van der Waals surface area contributed by atoms with Gasteiger partial charge in [-0.3, -0.25) is 4.79 Å². The van der Waals surface area contributed by atoms with Crippen molar-refractivity contribution in [3.8, 4) is 5.75 Å². The van der Waals surface area contributed by atoms with Gasteiger partial charge in [-0.05, 0) is 12.0 Å². The van der Waals surface area contributed by atoms with E-state index in [-0.39, 0.29) is 5.78 Å². The third-order valence-electron chi connectivity index (χ3n) is 2.33. The molecule has 0 saturated carbocycles. The summed E-state index contributed by atoms with van der Waals surface area (Å²) in [6, 6.07) is 7.78. The quantitative estimate of drug-likeness (QED) is 0.735. The van der Waals surface area contributed by atoms with Gasteiger partial charge in [0, 0.05) is 18.4 Å². The van der Waals surface area contributed by atoms with Crippen molar-refractivity contribution in [2.45, 2.75) is 33.6 Å². The Kier molecular flexibility index (Phi) is 5.03. The van der Waals surface area contributed by atoms with E-state index >= 15 is 0 Å². The first-order chi connectivity index (χ1) is 7.63. The zero-order chi connectivity index (χ0) is 12.0. The van der Waals surface area contributed by atoms with Gasteiger partial charge in [0.2, 0.25) is 0 Å². The molecule has 0 heterocycles. The molecule has 2 nitrogen and oxygen atoms in total. The molecular weight excluding hydrogens is 200 g/mol. The first-order valence-corrected chi connectivity index (χ1v) is 5.85. The normalized spacial score (nSPS) is 10.5. The summed E-state index contributed by atoms with van der Waals surface area (Å²) < 4.78 is 5.69. The van der Waals surface area contributed by atoms with Crippen molar-refractivity contribution in [3.05, 3.63) is 29.8 Å². The monoisotopic (exact) mass is 220 g/mol. The highest BCUT2D eigenvalue weighted by Crippen LogP contribution is 2.19. The van der Waals surface area contributed by atoms with Gasteiger partial charge in [-0.25, -0.2) is 0 Å². The average molecular weight is 220 g/mol. The molecule has 0 aliphatic carbocycles. The van der Waals surface area contributed by atoms with Crippen molar-refractivity contribution >= 4 is 5.78 Å². The Hall–Kier alpha value is -1.31. The SMILES string of the molecule is CCC(=O)Cc1ccccc1OCC(C)C. The maximum absolute atomic E-state index is 11.4. The lowest BCUT2D eigenvalue weighted by Gasteiger charge is -2.12. The predicted molar refractivity (Wildman–Crippen MR) is 65.8 cm³/mol. The summed E-state index contributed by atoms with van der Waals surface area (Å²) in [6.07, 6.45) is 1.06. The van der Waals surface area contributed by atoms with Gasteiger partial charge in [-0.2, -0.15) is 0 Å². The van der Waals surface area contributed by atoms with E-state index in [1.807, 2.05) is 31.2 Å². The molecule has 0 N–H and O–H groups in total. The molecule has 0 bridgehead atoms. The molecule has 0 spiro atoms. The van der Waals surface area contributed by atoms with Gasteiger partial charge in [0.25, 0.3) is 0 Å². The van der Waals surface area contributed by atoms with Gasteiger partial charge in [-0.1, -0.05) is 39.0 Å². The first kappa shape index (κ1) is 12.8. The van der Waals surface area contributed by atoms with Crippen molar-refractivity contribution in [1.82, 2.24) is 0 Å².